The third-order valence-corrected chi connectivity index (χ3v) is 5.02. The molecule has 0 saturated carbocycles. The maximum absolute atomic E-state index is 12.0. The van der Waals surface area contributed by atoms with Crippen LogP contribution < -0.4 is 20.9 Å². The molecule has 7 nitrogen and oxygen atoms in total. The van der Waals surface area contributed by atoms with Gasteiger partial charge in [0.25, 0.3) is 0 Å². The fourth-order valence-electron chi connectivity index (χ4n) is 2.97. The second-order valence-electron chi connectivity index (χ2n) is 6.42. The van der Waals surface area contributed by atoms with E-state index < -0.39 is 0 Å². The van der Waals surface area contributed by atoms with E-state index in [0.29, 0.717) is 19.0 Å². The number of benzene rings is 1. The third-order valence-electron chi connectivity index (χ3n) is 4.29. The van der Waals surface area contributed by atoms with E-state index in [2.05, 4.69) is 30.8 Å². The number of carbonyl (C=O) groups excluding carboxylic acids is 1. The van der Waals surface area contributed by atoms with Gasteiger partial charge in [-0.3, -0.25) is 0 Å². The molecule has 0 unspecified atom stereocenters. The normalized spacial score (nSPS) is 13.5. The summed E-state index contributed by atoms with van der Waals surface area (Å²) in [6, 6.07) is 9.55. The number of aromatic nitrogens is 2. The number of rotatable bonds is 7. The first kappa shape index (κ1) is 19.3. The van der Waals surface area contributed by atoms with E-state index in [1.165, 1.54) is 12.8 Å². The topological polar surface area (TPSA) is 82.2 Å². The van der Waals surface area contributed by atoms with Gasteiger partial charge in [-0.2, -0.15) is 4.98 Å². The molecule has 144 valence electrons. The Labute approximate surface area is 164 Å². The van der Waals surface area contributed by atoms with E-state index in [1.807, 2.05) is 43.5 Å². The highest BCUT2D eigenvalue weighted by molar-refractivity contribution is 7.98. The van der Waals surface area contributed by atoms with E-state index in [-0.39, 0.29) is 6.03 Å². The van der Waals surface area contributed by atoms with Gasteiger partial charge in [0, 0.05) is 48.5 Å². The number of carbonyl (C=O) groups is 1. The first-order valence-corrected chi connectivity index (χ1v) is 10.4. The van der Waals surface area contributed by atoms with E-state index in [0.717, 1.165) is 35.2 Å². The molecule has 2 amide bonds. The van der Waals surface area contributed by atoms with E-state index >= 15 is 0 Å². The van der Waals surface area contributed by atoms with Crippen molar-refractivity contribution in [1.82, 2.24) is 15.3 Å². The lowest BCUT2D eigenvalue weighted by molar-refractivity contribution is 0.252. The molecule has 8 heteroatoms. The first-order chi connectivity index (χ1) is 13.1. The van der Waals surface area contributed by atoms with Gasteiger partial charge in [0.05, 0.1) is 0 Å². The van der Waals surface area contributed by atoms with Gasteiger partial charge in [0.15, 0.2) is 0 Å². The molecule has 0 radical (unpaired) electrons. The summed E-state index contributed by atoms with van der Waals surface area (Å²) in [5.74, 6) is 1.58. The van der Waals surface area contributed by atoms with Crippen LogP contribution in [0.25, 0.3) is 0 Å². The summed E-state index contributed by atoms with van der Waals surface area (Å²) < 4.78 is 0. The van der Waals surface area contributed by atoms with Gasteiger partial charge in [-0.05, 0) is 44.2 Å². The van der Waals surface area contributed by atoms with Gasteiger partial charge in [-0.1, -0.05) is 6.07 Å². The maximum Gasteiger partial charge on any atom is 0.319 e. The maximum atomic E-state index is 12.0. The van der Waals surface area contributed by atoms with E-state index in [4.69, 9.17) is 0 Å². The number of anilines is 3. The Kier molecular flexibility index (Phi) is 6.75. The van der Waals surface area contributed by atoms with Crippen LogP contribution in [0.5, 0.6) is 0 Å². The molecule has 3 N–H and O–H groups in total. The largest absolute Gasteiger partial charge is 0.356 e. The van der Waals surface area contributed by atoms with Gasteiger partial charge >= 0.3 is 6.03 Å². The fourth-order valence-corrected chi connectivity index (χ4v) is 3.43. The summed E-state index contributed by atoms with van der Waals surface area (Å²) >= 11 is 1.64. The quantitative estimate of drug-likeness (QED) is 0.500. The van der Waals surface area contributed by atoms with Crippen molar-refractivity contribution in [2.75, 3.05) is 48.0 Å². The van der Waals surface area contributed by atoms with Crippen LogP contribution >= 0.6 is 11.8 Å². The Morgan fingerprint density at radius 1 is 1.19 bits per heavy atom. The van der Waals surface area contributed by atoms with Crippen LogP contribution in [0.4, 0.5) is 22.2 Å². The standard InChI is InChI=1S/C19H26N6OS/c1-14-12-17(25-10-3-4-11-25)24-18(22-14)20-8-9-21-19(26)23-15-6-5-7-16(13-15)27-2/h5-7,12-13H,3-4,8-11H2,1-2H3,(H,20,22,24)(H2,21,23,26). The summed E-state index contributed by atoms with van der Waals surface area (Å²) in [5.41, 5.74) is 1.72. The highest BCUT2D eigenvalue weighted by Gasteiger charge is 2.15. The van der Waals surface area contributed by atoms with Gasteiger partial charge < -0.3 is 20.9 Å². The van der Waals surface area contributed by atoms with Crippen LogP contribution in [0.2, 0.25) is 0 Å². The van der Waals surface area contributed by atoms with Crippen molar-refractivity contribution in [3.63, 3.8) is 0 Å². The van der Waals surface area contributed by atoms with Crippen LogP contribution in [0.3, 0.4) is 0 Å². The van der Waals surface area contributed by atoms with E-state index in [1.54, 1.807) is 11.8 Å². The number of hydrogen-bond donors (Lipinski definition) is 3. The molecule has 1 saturated heterocycles. The Bertz CT molecular complexity index is 779. The zero-order valence-corrected chi connectivity index (χ0v) is 16.6. The van der Waals surface area contributed by atoms with Crippen LogP contribution in [0.15, 0.2) is 35.2 Å². The summed E-state index contributed by atoms with van der Waals surface area (Å²) in [6.07, 6.45) is 4.43. The second kappa shape index (κ2) is 9.45. The van der Waals surface area contributed by atoms with Gasteiger partial charge in [0.1, 0.15) is 5.82 Å². The zero-order valence-electron chi connectivity index (χ0n) is 15.8. The van der Waals surface area contributed by atoms with Crippen molar-refractivity contribution in [2.24, 2.45) is 0 Å². The number of thioether (sulfide) groups is 1. The first-order valence-electron chi connectivity index (χ1n) is 9.17. The smallest absolute Gasteiger partial charge is 0.319 e. The summed E-state index contributed by atoms with van der Waals surface area (Å²) in [5, 5.41) is 8.87. The number of nitrogens with one attached hydrogen (secondary N) is 3. The zero-order chi connectivity index (χ0) is 19.1. The Balaban J connectivity index is 1.45. The average Bonchev–Trinajstić information content (AvgIpc) is 3.20. The minimum absolute atomic E-state index is 0.224. The van der Waals surface area contributed by atoms with Crippen molar-refractivity contribution in [3.8, 4) is 0 Å². The number of hydrogen-bond acceptors (Lipinski definition) is 6. The number of urea groups is 1. The van der Waals surface area contributed by atoms with Gasteiger partial charge in [0.2, 0.25) is 5.95 Å². The van der Waals surface area contributed by atoms with Crippen LogP contribution in [0, 0.1) is 6.92 Å². The van der Waals surface area contributed by atoms with Crippen molar-refractivity contribution in [1.29, 1.82) is 0 Å². The third kappa shape index (κ3) is 5.75. The molecule has 1 aliphatic rings. The van der Waals surface area contributed by atoms with Crippen LogP contribution in [-0.2, 0) is 0 Å². The summed E-state index contributed by atoms with van der Waals surface area (Å²) in [7, 11) is 0. The minimum atomic E-state index is -0.224. The molecule has 1 aromatic carbocycles. The highest BCUT2D eigenvalue weighted by Crippen LogP contribution is 2.20. The molecule has 0 bridgehead atoms. The van der Waals surface area contributed by atoms with Crippen LogP contribution in [0.1, 0.15) is 18.5 Å². The van der Waals surface area contributed by atoms with Crippen molar-refractivity contribution in [3.05, 3.63) is 36.0 Å². The highest BCUT2D eigenvalue weighted by atomic mass is 32.2. The Morgan fingerprint density at radius 2 is 2.00 bits per heavy atom. The SMILES string of the molecule is CSc1cccc(NC(=O)NCCNc2nc(C)cc(N3CCCC3)n2)c1. The fraction of sp³-hybridized carbons (Fsp3) is 0.421. The summed E-state index contributed by atoms with van der Waals surface area (Å²) in [6.45, 7) is 5.11. The summed E-state index contributed by atoms with van der Waals surface area (Å²) in [4.78, 5) is 24.4. The molecular weight excluding hydrogens is 360 g/mol. The molecule has 2 aromatic rings. The average molecular weight is 387 g/mol. The molecule has 27 heavy (non-hydrogen) atoms. The Morgan fingerprint density at radius 3 is 2.78 bits per heavy atom. The van der Waals surface area contributed by atoms with Crippen molar-refractivity contribution < 1.29 is 4.79 Å². The Hall–Kier alpha value is -2.48. The van der Waals surface area contributed by atoms with Crippen molar-refractivity contribution >= 4 is 35.2 Å². The molecule has 0 aliphatic carbocycles. The molecule has 1 aliphatic heterocycles. The predicted molar refractivity (Wildman–Crippen MR) is 112 cm³/mol. The van der Waals surface area contributed by atoms with Gasteiger partial charge in [-0.15, -0.1) is 11.8 Å². The molecule has 2 heterocycles. The molecule has 1 fully saturated rings. The van der Waals surface area contributed by atoms with Gasteiger partial charge in [-0.25, -0.2) is 9.78 Å². The molecular formula is C19H26N6OS. The molecule has 1 aromatic heterocycles. The lowest BCUT2D eigenvalue weighted by Gasteiger charge is -2.17. The predicted octanol–water partition coefficient (Wildman–Crippen LogP) is 3.34. The second-order valence-corrected chi connectivity index (χ2v) is 7.30. The molecule has 0 spiro atoms. The number of nitrogens with zero attached hydrogens (tertiary/aromatic N) is 3. The molecule has 3 rings (SSSR count). The number of aryl methyl sites for hydroxylation is 1. The number of amides is 2. The lowest BCUT2D eigenvalue weighted by atomic mass is 10.3. The monoisotopic (exact) mass is 386 g/mol. The van der Waals surface area contributed by atoms with Crippen LogP contribution in [-0.4, -0.2) is 48.4 Å². The molecule has 0 atom stereocenters. The van der Waals surface area contributed by atoms with Crippen molar-refractivity contribution in [2.45, 2.75) is 24.7 Å². The lowest BCUT2D eigenvalue weighted by Crippen LogP contribution is -2.33. The minimum Gasteiger partial charge on any atom is -0.356 e. The van der Waals surface area contributed by atoms with E-state index in [9.17, 15) is 4.79 Å².